The van der Waals surface area contributed by atoms with Crippen LogP contribution in [0.3, 0.4) is 0 Å². The maximum atomic E-state index is 14.0. The fraction of sp³-hybridized carbons (Fsp3) is 0.176. The van der Waals surface area contributed by atoms with Gasteiger partial charge in [0, 0.05) is 27.3 Å². The van der Waals surface area contributed by atoms with E-state index in [-0.39, 0.29) is 17.9 Å². The Labute approximate surface area is 149 Å². The summed E-state index contributed by atoms with van der Waals surface area (Å²) >= 11 is 4.88. The summed E-state index contributed by atoms with van der Waals surface area (Å²) in [4.78, 5) is 14.0. The van der Waals surface area contributed by atoms with Crippen molar-refractivity contribution in [3.8, 4) is 0 Å². The molecule has 24 heavy (non-hydrogen) atoms. The quantitative estimate of drug-likeness (QED) is 0.501. The lowest BCUT2D eigenvalue weighted by Crippen LogP contribution is -2.24. The first-order valence-electron chi connectivity index (χ1n) is 7.34. The van der Waals surface area contributed by atoms with Crippen LogP contribution in [-0.2, 0) is 13.6 Å². The maximum absolute atomic E-state index is 14.0. The summed E-state index contributed by atoms with van der Waals surface area (Å²) in [5, 5.41) is 5.11. The van der Waals surface area contributed by atoms with E-state index in [0.717, 1.165) is 15.6 Å². The number of hydrogen-bond acceptors (Lipinski definition) is 3. The molecule has 0 spiro atoms. The van der Waals surface area contributed by atoms with Crippen LogP contribution in [0.4, 0.5) is 4.39 Å². The average molecular weight is 406 g/mol. The molecule has 0 bridgehead atoms. The molecule has 1 aromatic carbocycles. The number of aromatic nitrogens is 3. The largest absolute Gasteiger partial charge is 0.338 e. The Hall–Kier alpha value is -1.99. The van der Waals surface area contributed by atoms with Gasteiger partial charge in [-0.2, -0.15) is 5.10 Å². The van der Waals surface area contributed by atoms with Crippen LogP contribution in [0.5, 0.6) is 0 Å². The third-order valence-corrected chi connectivity index (χ3v) is 5.70. The zero-order valence-corrected chi connectivity index (χ0v) is 15.4. The predicted molar refractivity (Wildman–Crippen MR) is 98.3 cm³/mol. The Balaban J connectivity index is 1.90. The van der Waals surface area contributed by atoms with E-state index in [2.05, 4.69) is 27.1 Å². The smallest absolute Gasteiger partial charge is 0.291 e. The van der Waals surface area contributed by atoms with Crippen LogP contribution >= 0.6 is 27.3 Å². The molecule has 0 radical (unpaired) electrons. The first-order valence-corrected chi connectivity index (χ1v) is 8.95. The van der Waals surface area contributed by atoms with Gasteiger partial charge < -0.3 is 4.57 Å². The molecular weight excluding hydrogens is 393 g/mol. The molecule has 0 unspecified atom stereocenters. The van der Waals surface area contributed by atoms with Crippen LogP contribution in [0, 0.1) is 12.7 Å². The molecule has 0 saturated carbocycles. The van der Waals surface area contributed by atoms with E-state index in [4.69, 9.17) is 0 Å². The highest BCUT2D eigenvalue weighted by Gasteiger charge is 2.16. The summed E-state index contributed by atoms with van der Waals surface area (Å²) in [5.41, 5.74) is 1.85. The number of benzene rings is 1. The zero-order valence-electron chi connectivity index (χ0n) is 13.0. The monoisotopic (exact) mass is 405 g/mol. The molecule has 0 fully saturated rings. The van der Waals surface area contributed by atoms with Gasteiger partial charge in [-0.15, -0.1) is 11.3 Å². The summed E-state index contributed by atoms with van der Waals surface area (Å²) in [7, 11) is 1.88. The summed E-state index contributed by atoms with van der Waals surface area (Å²) < 4.78 is 19.0. The second-order valence-electron chi connectivity index (χ2n) is 5.74. The highest BCUT2D eigenvalue weighted by Crippen LogP contribution is 2.32. The first kappa shape index (κ1) is 15.5. The zero-order chi connectivity index (χ0) is 17.0. The Bertz CT molecular complexity index is 1160. The molecule has 4 rings (SSSR count). The second kappa shape index (κ2) is 5.53. The SMILES string of the molecule is Cc1cc2c(s1)c1cnn(Cc3ccc(Br)cc3F)c(=O)c1n2C. The molecule has 3 heterocycles. The highest BCUT2D eigenvalue weighted by molar-refractivity contribution is 9.10. The summed E-state index contributed by atoms with van der Waals surface area (Å²) in [6.07, 6.45) is 1.70. The van der Waals surface area contributed by atoms with Crippen molar-refractivity contribution in [2.75, 3.05) is 0 Å². The van der Waals surface area contributed by atoms with Crippen LogP contribution in [0.15, 0.2) is 39.7 Å². The Morgan fingerprint density at radius 1 is 1.33 bits per heavy atom. The fourth-order valence-electron chi connectivity index (χ4n) is 2.96. The molecule has 0 aliphatic rings. The van der Waals surface area contributed by atoms with E-state index in [1.807, 2.05) is 18.5 Å². The van der Waals surface area contributed by atoms with Crippen molar-refractivity contribution in [3.63, 3.8) is 0 Å². The van der Waals surface area contributed by atoms with Crippen molar-refractivity contribution in [1.82, 2.24) is 14.3 Å². The molecule has 0 N–H and O–H groups in total. The number of hydrogen-bond donors (Lipinski definition) is 0. The number of rotatable bonds is 2. The van der Waals surface area contributed by atoms with Crippen LogP contribution in [-0.4, -0.2) is 14.3 Å². The molecule has 0 atom stereocenters. The minimum absolute atomic E-state index is 0.103. The fourth-order valence-corrected chi connectivity index (χ4v) is 4.34. The molecule has 122 valence electrons. The van der Waals surface area contributed by atoms with E-state index in [9.17, 15) is 9.18 Å². The molecule has 0 amide bonds. The number of aryl methyl sites for hydroxylation is 2. The predicted octanol–water partition coefficient (Wildman–Crippen LogP) is 4.21. The van der Waals surface area contributed by atoms with Gasteiger partial charge in [-0.25, -0.2) is 9.07 Å². The van der Waals surface area contributed by atoms with Crippen LogP contribution in [0.2, 0.25) is 0 Å². The van der Waals surface area contributed by atoms with E-state index < -0.39 is 0 Å². The van der Waals surface area contributed by atoms with Gasteiger partial charge in [0.1, 0.15) is 11.3 Å². The van der Waals surface area contributed by atoms with Crippen LogP contribution < -0.4 is 5.56 Å². The third kappa shape index (κ3) is 2.31. The van der Waals surface area contributed by atoms with Gasteiger partial charge >= 0.3 is 0 Å². The molecule has 3 aromatic heterocycles. The molecule has 0 saturated heterocycles. The highest BCUT2D eigenvalue weighted by atomic mass is 79.9. The van der Waals surface area contributed by atoms with E-state index in [1.165, 1.54) is 15.6 Å². The van der Waals surface area contributed by atoms with E-state index >= 15 is 0 Å². The van der Waals surface area contributed by atoms with E-state index in [0.29, 0.717) is 15.6 Å². The Kier molecular flexibility index (Phi) is 3.58. The average Bonchev–Trinajstić information content (AvgIpc) is 3.02. The molecular formula is C17H13BrFN3OS. The van der Waals surface area contributed by atoms with Gasteiger partial charge in [0.05, 0.1) is 23.0 Å². The summed E-state index contributed by atoms with van der Waals surface area (Å²) in [5.74, 6) is -0.360. The van der Waals surface area contributed by atoms with E-state index in [1.54, 1.807) is 29.7 Å². The lowest BCUT2D eigenvalue weighted by Gasteiger charge is -2.07. The van der Waals surface area contributed by atoms with Crippen LogP contribution in [0.25, 0.3) is 21.1 Å². The normalized spacial score (nSPS) is 11.7. The minimum Gasteiger partial charge on any atom is -0.338 e. The Morgan fingerprint density at radius 3 is 2.88 bits per heavy atom. The van der Waals surface area contributed by atoms with Gasteiger partial charge in [-0.3, -0.25) is 4.79 Å². The van der Waals surface area contributed by atoms with Gasteiger partial charge in [0.15, 0.2) is 0 Å². The summed E-state index contributed by atoms with van der Waals surface area (Å²) in [6, 6.07) is 6.87. The topological polar surface area (TPSA) is 39.8 Å². The Morgan fingerprint density at radius 2 is 2.12 bits per heavy atom. The molecule has 4 nitrogen and oxygen atoms in total. The minimum atomic E-state index is -0.360. The van der Waals surface area contributed by atoms with Gasteiger partial charge in [0.25, 0.3) is 5.56 Å². The molecule has 4 aromatic rings. The van der Waals surface area contributed by atoms with Crippen molar-refractivity contribution in [2.24, 2.45) is 7.05 Å². The maximum Gasteiger partial charge on any atom is 0.291 e. The summed E-state index contributed by atoms with van der Waals surface area (Å²) in [6.45, 7) is 2.15. The lowest BCUT2D eigenvalue weighted by molar-refractivity contribution is 0.573. The lowest BCUT2D eigenvalue weighted by atomic mass is 10.2. The van der Waals surface area contributed by atoms with Crippen molar-refractivity contribution in [1.29, 1.82) is 0 Å². The molecule has 7 heteroatoms. The second-order valence-corrected chi connectivity index (χ2v) is 7.91. The third-order valence-electron chi connectivity index (χ3n) is 4.13. The first-order chi connectivity index (χ1) is 11.5. The van der Waals surface area contributed by atoms with Crippen molar-refractivity contribution >= 4 is 48.4 Å². The van der Waals surface area contributed by atoms with Crippen LogP contribution in [0.1, 0.15) is 10.4 Å². The number of fused-ring (bicyclic) bond motifs is 3. The van der Waals surface area contributed by atoms with Gasteiger partial charge in [0.2, 0.25) is 0 Å². The van der Waals surface area contributed by atoms with Gasteiger partial charge in [-0.1, -0.05) is 22.0 Å². The molecule has 0 aliphatic carbocycles. The number of thiophene rings is 1. The number of halogens is 2. The van der Waals surface area contributed by atoms with Crippen molar-refractivity contribution < 1.29 is 4.39 Å². The standard InChI is InChI=1S/C17H13BrFN3OS/c1-9-5-14-16(24-9)12-7-20-22(17(23)15(12)21(14)2)8-10-3-4-11(18)6-13(10)19/h3-7H,8H2,1-2H3. The molecule has 0 aliphatic heterocycles. The van der Waals surface area contributed by atoms with Gasteiger partial charge in [-0.05, 0) is 25.1 Å². The van der Waals surface area contributed by atoms with Crippen molar-refractivity contribution in [3.05, 3.63) is 61.5 Å². The number of nitrogens with zero attached hydrogens (tertiary/aromatic N) is 3. The van der Waals surface area contributed by atoms with Crippen molar-refractivity contribution in [2.45, 2.75) is 13.5 Å².